The van der Waals surface area contributed by atoms with Gasteiger partial charge in [0.2, 0.25) is 5.91 Å². The van der Waals surface area contributed by atoms with Crippen LogP contribution >= 0.6 is 0 Å². The molecule has 2 aliphatic rings. The van der Waals surface area contributed by atoms with Crippen LogP contribution in [0.1, 0.15) is 79.1 Å². The second-order valence-corrected chi connectivity index (χ2v) is 8.33. The van der Waals surface area contributed by atoms with E-state index >= 15 is 0 Å². The molecule has 1 heterocycles. The van der Waals surface area contributed by atoms with E-state index in [9.17, 15) is 4.79 Å². The van der Waals surface area contributed by atoms with Gasteiger partial charge in [0.05, 0.1) is 12.2 Å². The van der Waals surface area contributed by atoms with E-state index in [0.717, 1.165) is 43.7 Å². The van der Waals surface area contributed by atoms with E-state index in [2.05, 4.69) is 32.6 Å². The van der Waals surface area contributed by atoms with Crippen molar-refractivity contribution in [2.75, 3.05) is 13.1 Å². The fraction of sp³-hybridized carbons (Fsp3) is 0.950. The van der Waals surface area contributed by atoms with Gasteiger partial charge in [0.15, 0.2) is 0 Å². The molecule has 134 valence electrons. The quantitative estimate of drug-likeness (QED) is 0.712. The minimum Gasteiger partial charge on any atom is -0.376 e. The molecule has 23 heavy (non-hydrogen) atoms. The minimum atomic E-state index is 0.340. The van der Waals surface area contributed by atoms with Crippen molar-refractivity contribution in [3.8, 4) is 0 Å². The molecule has 0 aromatic rings. The average molecular weight is 324 g/mol. The van der Waals surface area contributed by atoms with Gasteiger partial charge in [0.1, 0.15) is 0 Å². The molecule has 1 aliphatic carbocycles. The lowest BCUT2D eigenvalue weighted by molar-refractivity contribution is -0.133. The highest BCUT2D eigenvalue weighted by molar-refractivity contribution is 5.76. The fourth-order valence-corrected chi connectivity index (χ4v) is 4.24. The zero-order valence-electron chi connectivity index (χ0n) is 15.7. The second-order valence-electron chi connectivity index (χ2n) is 8.33. The van der Waals surface area contributed by atoms with Crippen LogP contribution in [-0.2, 0) is 9.53 Å². The Morgan fingerprint density at radius 1 is 1.00 bits per heavy atom. The Hall–Kier alpha value is -0.570. The number of carbonyl (C=O) groups is 1. The maximum atomic E-state index is 12.4. The molecule has 1 amide bonds. The largest absolute Gasteiger partial charge is 0.376 e. The first-order valence-electron chi connectivity index (χ1n) is 9.89. The van der Waals surface area contributed by atoms with Crippen LogP contribution in [0.2, 0.25) is 0 Å². The molecular formula is C20H37NO2. The van der Waals surface area contributed by atoms with E-state index < -0.39 is 0 Å². The Balaban J connectivity index is 1.62. The number of ether oxygens (including phenoxy) is 1. The van der Waals surface area contributed by atoms with Crippen LogP contribution in [0.3, 0.4) is 0 Å². The summed E-state index contributed by atoms with van der Waals surface area (Å²) in [6, 6.07) is 0. The molecule has 0 aromatic heterocycles. The maximum absolute atomic E-state index is 12.4. The number of amides is 1. The van der Waals surface area contributed by atoms with E-state index in [0.29, 0.717) is 18.1 Å². The molecule has 0 atom stereocenters. The lowest BCUT2D eigenvalue weighted by Gasteiger charge is -2.34. The first-order chi connectivity index (χ1) is 11.0. The van der Waals surface area contributed by atoms with Gasteiger partial charge in [0, 0.05) is 19.5 Å². The highest BCUT2D eigenvalue weighted by Crippen LogP contribution is 2.31. The van der Waals surface area contributed by atoms with Crippen LogP contribution < -0.4 is 0 Å². The predicted octanol–water partition coefficient (Wildman–Crippen LogP) is 4.65. The maximum Gasteiger partial charge on any atom is 0.222 e. The Morgan fingerprint density at radius 3 is 2.13 bits per heavy atom. The summed E-state index contributed by atoms with van der Waals surface area (Å²) in [6.07, 6.45) is 9.85. The van der Waals surface area contributed by atoms with E-state index in [1.165, 1.54) is 38.5 Å². The number of hydrogen-bond donors (Lipinski definition) is 0. The van der Waals surface area contributed by atoms with Gasteiger partial charge in [-0.25, -0.2) is 0 Å². The first-order valence-corrected chi connectivity index (χ1v) is 9.89. The normalized spacial score (nSPS) is 27.0. The smallest absolute Gasteiger partial charge is 0.222 e. The monoisotopic (exact) mass is 323 g/mol. The Morgan fingerprint density at radius 2 is 1.61 bits per heavy atom. The standard InChI is InChI=1S/C20H37NO2/c1-15(2)18-11-13-21(14-12-18)20(22)10-7-17-5-8-19(9-6-17)23-16(3)4/h15-19H,5-14H2,1-4H3. The third-order valence-corrected chi connectivity index (χ3v) is 5.86. The van der Waals surface area contributed by atoms with E-state index in [4.69, 9.17) is 4.74 Å². The van der Waals surface area contributed by atoms with Crippen molar-refractivity contribution in [1.29, 1.82) is 0 Å². The average Bonchev–Trinajstić information content (AvgIpc) is 2.53. The number of nitrogens with zero attached hydrogens (tertiary/aromatic N) is 1. The topological polar surface area (TPSA) is 29.5 Å². The molecule has 2 rings (SSSR count). The zero-order chi connectivity index (χ0) is 16.8. The summed E-state index contributed by atoms with van der Waals surface area (Å²) < 4.78 is 5.91. The third kappa shape index (κ3) is 6.10. The highest BCUT2D eigenvalue weighted by Gasteiger charge is 2.26. The van der Waals surface area contributed by atoms with Gasteiger partial charge >= 0.3 is 0 Å². The number of piperidine rings is 1. The van der Waals surface area contributed by atoms with E-state index in [1.54, 1.807) is 0 Å². The van der Waals surface area contributed by atoms with Crippen LogP contribution in [0.4, 0.5) is 0 Å². The predicted molar refractivity (Wildman–Crippen MR) is 95.3 cm³/mol. The third-order valence-electron chi connectivity index (χ3n) is 5.86. The summed E-state index contributed by atoms with van der Waals surface area (Å²) in [6.45, 7) is 10.8. The molecule has 0 unspecified atom stereocenters. The molecule has 0 N–H and O–H groups in total. The first kappa shape index (κ1) is 18.8. The molecule has 1 aliphatic heterocycles. The molecule has 3 heteroatoms. The van der Waals surface area contributed by atoms with Gasteiger partial charge in [0.25, 0.3) is 0 Å². The lowest BCUT2D eigenvalue weighted by atomic mass is 9.84. The summed E-state index contributed by atoms with van der Waals surface area (Å²) >= 11 is 0. The van der Waals surface area contributed by atoms with Gasteiger partial charge in [-0.15, -0.1) is 0 Å². The number of carbonyl (C=O) groups excluding carboxylic acids is 1. The Bertz CT molecular complexity index is 351. The van der Waals surface area contributed by atoms with Crippen LogP contribution in [0.15, 0.2) is 0 Å². The summed E-state index contributed by atoms with van der Waals surface area (Å²) in [4.78, 5) is 14.5. The molecule has 0 aromatic carbocycles. The number of likely N-dealkylation sites (tertiary alicyclic amines) is 1. The summed E-state index contributed by atoms with van der Waals surface area (Å²) in [5.41, 5.74) is 0. The second kappa shape index (κ2) is 9.05. The van der Waals surface area contributed by atoms with E-state index in [-0.39, 0.29) is 0 Å². The van der Waals surface area contributed by atoms with Crippen molar-refractivity contribution in [1.82, 2.24) is 4.90 Å². The lowest BCUT2D eigenvalue weighted by Crippen LogP contribution is -2.39. The Labute approximate surface area is 143 Å². The molecule has 0 radical (unpaired) electrons. The van der Waals surface area contributed by atoms with Gasteiger partial charge in [-0.05, 0) is 76.5 Å². The van der Waals surface area contributed by atoms with Crippen LogP contribution in [0.25, 0.3) is 0 Å². The summed E-state index contributed by atoms with van der Waals surface area (Å²) in [5, 5.41) is 0. The molecule has 1 saturated carbocycles. The van der Waals surface area contributed by atoms with Crippen LogP contribution in [-0.4, -0.2) is 36.1 Å². The van der Waals surface area contributed by atoms with Crippen molar-refractivity contribution >= 4 is 5.91 Å². The molecular weight excluding hydrogens is 286 g/mol. The summed E-state index contributed by atoms with van der Waals surface area (Å²) in [7, 11) is 0. The fourth-order valence-electron chi connectivity index (χ4n) is 4.24. The van der Waals surface area contributed by atoms with Gasteiger partial charge in [-0.1, -0.05) is 13.8 Å². The van der Waals surface area contributed by atoms with Crippen molar-refractivity contribution in [2.24, 2.45) is 17.8 Å². The van der Waals surface area contributed by atoms with Gasteiger partial charge in [-0.2, -0.15) is 0 Å². The zero-order valence-corrected chi connectivity index (χ0v) is 15.7. The molecule has 2 fully saturated rings. The minimum absolute atomic E-state index is 0.340. The van der Waals surface area contributed by atoms with Crippen molar-refractivity contribution < 1.29 is 9.53 Å². The highest BCUT2D eigenvalue weighted by atomic mass is 16.5. The van der Waals surface area contributed by atoms with Crippen molar-refractivity contribution in [3.63, 3.8) is 0 Å². The summed E-state index contributed by atoms with van der Waals surface area (Å²) in [5.74, 6) is 2.71. The number of hydrogen-bond acceptors (Lipinski definition) is 2. The van der Waals surface area contributed by atoms with Crippen molar-refractivity contribution in [3.05, 3.63) is 0 Å². The van der Waals surface area contributed by atoms with E-state index in [1.807, 2.05) is 0 Å². The molecule has 1 saturated heterocycles. The van der Waals surface area contributed by atoms with Gasteiger partial charge < -0.3 is 9.64 Å². The SMILES string of the molecule is CC(C)OC1CCC(CCC(=O)N2CCC(C(C)C)CC2)CC1. The number of rotatable bonds is 6. The van der Waals surface area contributed by atoms with Crippen molar-refractivity contribution in [2.45, 2.75) is 91.3 Å². The molecule has 0 bridgehead atoms. The molecule has 0 spiro atoms. The van der Waals surface area contributed by atoms with Crippen LogP contribution in [0, 0.1) is 17.8 Å². The molecule has 3 nitrogen and oxygen atoms in total. The Kier molecular flexibility index (Phi) is 7.39. The van der Waals surface area contributed by atoms with Gasteiger partial charge in [-0.3, -0.25) is 4.79 Å². The van der Waals surface area contributed by atoms with Crippen LogP contribution in [0.5, 0.6) is 0 Å².